The number of nitrogens with zero attached hydrogens (tertiary/aromatic N) is 2. The minimum absolute atomic E-state index is 0.106. The van der Waals surface area contributed by atoms with Crippen molar-refractivity contribution in [2.75, 3.05) is 19.0 Å². The standard InChI is InChI=1S/C15H16N6O2/c1-23-12-4-2-3-11(22)15(12)10-5-13(21-20-10)19-14-8-17-9(6-16)7-18-14/h2-7,16-17,22H,8H2,1H3,(H2,18,19,20,21). The van der Waals surface area contributed by atoms with Crippen molar-refractivity contribution in [2.24, 2.45) is 4.99 Å². The molecule has 0 radical (unpaired) electrons. The van der Waals surface area contributed by atoms with Crippen molar-refractivity contribution in [3.05, 3.63) is 36.2 Å². The largest absolute Gasteiger partial charge is 0.507 e. The number of nitrogens with one attached hydrogen (secondary N) is 4. The Kier molecular flexibility index (Phi) is 3.96. The lowest BCUT2D eigenvalue weighted by Crippen LogP contribution is -2.31. The molecule has 8 heteroatoms. The van der Waals surface area contributed by atoms with Crippen molar-refractivity contribution in [1.82, 2.24) is 15.5 Å². The second-order valence-electron chi connectivity index (χ2n) is 4.80. The number of H-pyrrole nitrogens is 1. The number of allylic oxidation sites excluding steroid dienone is 1. The Morgan fingerprint density at radius 2 is 2.30 bits per heavy atom. The number of hydrogen-bond donors (Lipinski definition) is 5. The minimum atomic E-state index is 0.106. The number of methoxy groups -OCH3 is 1. The van der Waals surface area contributed by atoms with Crippen LogP contribution in [0.4, 0.5) is 5.82 Å². The number of anilines is 1. The number of hydrogen-bond acceptors (Lipinski definition) is 7. The Morgan fingerprint density at radius 3 is 3.00 bits per heavy atom. The summed E-state index contributed by atoms with van der Waals surface area (Å²) >= 11 is 0. The van der Waals surface area contributed by atoms with Gasteiger partial charge in [0.2, 0.25) is 0 Å². The maximum atomic E-state index is 10.1. The summed E-state index contributed by atoms with van der Waals surface area (Å²) in [6, 6.07) is 6.82. The molecule has 0 unspecified atom stereocenters. The zero-order valence-corrected chi connectivity index (χ0v) is 12.4. The van der Waals surface area contributed by atoms with Crippen molar-refractivity contribution in [1.29, 1.82) is 5.41 Å². The summed E-state index contributed by atoms with van der Waals surface area (Å²) < 4.78 is 5.27. The summed E-state index contributed by atoms with van der Waals surface area (Å²) in [5, 5.41) is 30.3. The summed E-state index contributed by atoms with van der Waals surface area (Å²) in [5.41, 5.74) is 1.82. The fourth-order valence-electron chi connectivity index (χ4n) is 2.21. The molecule has 0 aliphatic carbocycles. The highest BCUT2D eigenvalue weighted by atomic mass is 16.5. The Morgan fingerprint density at radius 1 is 1.43 bits per heavy atom. The van der Waals surface area contributed by atoms with Gasteiger partial charge in [-0.25, -0.2) is 4.99 Å². The van der Waals surface area contributed by atoms with Gasteiger partial charge in [0.25, 0.3) is 0 Å². The number of rotatable bonds is 4. The molecule has 0 fully saturated rings. The van der Waals surface area contributed by atoms with Gasteiger partial charge in [-0.05, 0) is 12.1 Å². The second-order valence-corrected chi connectivity index (χ2v) is 4.80. The molecule has 3 rings (SSSR count). The molecular formula is C15H16N6O2. The Bertz CT molecular complexity index is 793. The van der Waals surface area contributed by atoms with Crippen molar-refractivity contribution in [3.8, 4) is 22.8 Å². The van der Waals surface area contributed by atoms with E-state index in [1.807, 2.05) is 0 Å². The first kappa shape index (κ1) is 14.6. The molecule has 1 aliphatic heterocycles. The van der Waals surface area contributed by atoms with Crippen molar-refractivity contribution >= 4 is 17.9 Å². The second kappa shape index (κ2) is 6.22. The van der Waals surface area contributed by atoms with Gasteiger partial charge in [0, 0.05) is 12.3 Å². The van der Waals surface area contributed by atoms with Gasteiger partial charge in [0.05, 0.1) is 36.8 Å². The predicted octanol–water partition coefficient (Wildman–Crippen LogP) is 1.70. The van der Waals surface area contributed by atoms with E-state index >= 15 is 0 Å². The average molecular weight is 312 g/mol. The third-order valence-electron chi connectivity index (χ3n) is 3.32. The summed E-state index contributed by atoms with van der Waals surface area (Å²) in [4.78, 5) is 4.21. The molecule has 0 saturated heterocycles. The van der Waals surface area contributed by atoms with Crippen LogP contribution in [0.1, 0.15) is 0 Å². The Balaban J connectivity index is 1.83. The van der Waals surface area contributed by atoms with E-state index in [9.17, 15) is 5.11 Å². The molecule has 2 aromatic rings. The number of aromatic nitrogens is 2. The summed E-state index contributed by atoms with van der Waals surface area (Å²) in [7, 11) is 1.55. The van der Waals surface area contributed by atoms with Crippen LogP contribution >= 0.6 is 0 Å². The zero-order chi connectivity index (χ0) is 16.2. The van der Waals surface area contributed by atoms with E-state index in [0.29, 0.717) is 40.9 Å². The fourth-order valence-corrected chi connectivity index (χ4v) is 2.21. The maximum Gasteiger partial charge on any atom is 0.153 e. The molecule has 118 valence electrons. The lowest BCUT2D eigenvalue weighted by Gasteiger charge is -2.13. The highest BCUT2D eigenvalue weighted by molar-refractivity contribution is 5.98. The molecule has 5 N–H and O–H groups in total. The first-order valence-electron chi connectivity index (χ1n) is 6.91. The van der Waals surface area contributed by atoms with E-state index < -0.39 is 0 Å². The van der Waals surface area contributed by atoms with Gasteiger partial charge in [0.1, 0.15) is 17.3 Å². The quantitative estimate of drug-likeness (QED) is 0.551. The monoisotopic (exact) mass is 312 g/mol. The molecule has 23 heavy (non-hydrogen) atoms. The molecule has 0 atom stereocenters. The lowest BCUT2D eigenvalue weighted by molar-refractivity contribution is 0.410. The van der Waals surface area contributed by atoms with Crippen LogP contribution in [0.3, 0.4) is 0 Å². The molecule has 0 spiro atoms. The smallest absolute Gasteiger partial charge is 0.153 e. The normalized spacial score (nSPS) is 13.6. The highest BCUT2D eigenvalue weighted by Gasteiger charge is 2.14. The maximum absolute atomic E-state index is 10.1. The molecule has 1 aromatic carbocycles. The van der Waals surface area contributed by atoms with Crippen LogP contribution in [0.2, 0.25) is 0 Å². The Hall–Kier alpha value is -3.29. The van der Waals surface area contributed by atoms with Crippen LogP contribution in [0.5, 0.6) is 11.5 Å². The van der Waals surface area contributed by atoms with Gasteiger partial charge < -0.3 is 25.9 Å². The lowest BCUT2D eigenvalue weighted by atomic mass is 10.1. The fraction of sp³-hybridized carbons (Fsp3) is 0.133. The third-order valence-corrected chi connectivity index (χ3v) is 3.32. The van der Waals surface area contributed by atoms with Gasteiger partial charge in [-0.2, -0.15) is 5.10 Å². The first-order valence-corrected chi connectivity index (χ1v) is 6.91. The number of ether oxygens (including phenoxy) is 1. The molecule has 1 aromatic heterocycles. The summed E-state index contributed by atoms with van der Waals surface area (Å²) in [6.45, 7) is 0.476. The average Bonchev–Trinajstić information content (AvgIpc) is 3.03. The van der Waals surface area contributed by atoms with Crippen molar-refractivity contribution < 1.29 is 9.84 Å². The van der Waals surface area contributed by atoms with Crippen LogP contribution in [0.25, 0.3) is 11.3 Å². The number of aromatic hydroxyl groups is 1. The van der Waals surface area contributed by atoms with Crippen molar-refractivity contribution in [3.63, 3.8) is 0 Å². The van der Waals surface area contributed by atoms with E-state index in [2.05, 4.69) is 25.8 Å². The van der Waals surface area contributed by atoms with E-state index in [1.54, 1.807) is 37.6 Å². The minimum Gasteiger partial charge on any atom is -0.507 e. The van der Waals surface area contributed by atoms with Crippen LogP contribution in [-0.4, -0.2) is 41.0 Å². The topological polar surface area (TPSA) is 118 Å². The third kappa shape index (κ3) is 3.00. The number of aromatic amines is 1. The number of benzene rings is 1. The summed E-state index contributed by atoms with van der Waals surface area (Å²) in [5.74, 6) is 1.90. The SMILES string of the molecule is COc1cccc(O)c1-c1cc(NC2=NC=C(C=N)NC2)n[nH]1. The van der Waals surface area contributed by atoms with Crippen LogP contribution in [0.15, 0.2) is 41.2 Å². The number of phenols is 1. The highest BCUT2D eigenvalue weighted by Crippen LogP contribution is 2.37. The molecular weight excluding hydrogens is 296 g/mol. The van der Waals surface area contributed by atoms with Gasteiger partial charge in [-0.3, -0.25) is 5.10 Å². The zero-order valence-electron chi connectivity index (χ0n) is 12.4. The first-order chi connectivity index (χ1) is 11.2. The van der Waals surface area contributed by atoms with Crippen LogP contribution in [0, 0.1) is 5.41 Å². The van der Waals surface area contributed by atoms with Gasteiger partial charge >= 0.3 is 0 Å². The van der Waals surface area contributed by atoms with E-state index in [-0.39, 0.29) is 5.75 Å². The molecule has 2 heterocycles. The predicted molar refractivity (Wildman–Crippen MR) is 88.2 cm³/mol. The van der Waals surface area contributed by atoms with Gasteiger partial charge in [-0.15, -0.1) is 0 Å². The van der Waals surface area contributed by atoms with Crippen LogP contribution in [-0.2, 0) is 0 Å². The van der Waals surface area contributed by atoms with Crippen molar-refractivity contribution in [2.45, 2.75) is 0 Å². The summed E-state index contributed by atoms with van der Waals surface area (Å²) in [6.07, 6.45) is 2.77. The van der Waals surface area contributed by atoms with Crippen LogP contribution < -0.4 is 15.4 Å². The van der Waals surface area contributed by atoms with E-state index in [0.717, 1.165) is 0 Å². The molecule has 1 aliphatic rings. The number of phenolic OH excluding ortho intramolecular Hbond substituents is 1. The van der Waals surface area contributed by atoms with Gasteiger partial charge in [-0.1, -0.05) is 6.07 Å². The molecule has 0 saturated carbocycles. The Labute approximate surface area is 132 Å². The number of aliphatic imine (C=N–C) groups is 1. The van der Waals surface area contributed by atoms with Gasteiger partial charge in [0.15, 0.2) is 5.82 Å². The molecule has 8 nitrogen and oxygen atoms in total. The van der Waals surface area contributed by atoms with E-state index in [4.69, 9.17) is 10.1 Å². The van der Waals surface area contributed by atoms with E-state index in [1.165, 1.54) is 6.21 Å². The molecule has 0 bridgehead atoms. The number of amidine groups is 1. The molecule has 0 amide bonds.